The second-order valence-electron chi connectivity index (χ2n) is 8.48. The number of thioether (sulfide) groups is 1. The van der Waals surface area contributed by atoms with Gasteiger partial charge in [-0.05, 0) is 59.0 Å². The number of tetrazole rings is 1. The van der Waals surface area contributed by atoms with Crippen LogP contribution in [0.2, 0.25) is 0 Å². The van der Waals surface area contributed by atoms with Crippen molar-refractivity contribution >= 4 is 11.8 Å². The molecule has 0 fully saturated rings. The van der Waals surface area contributed by atoms with E-state index >= 15 is 0 Å². The van der Waals surface area contributed by atoms with Gasteiger partial charge in [0.15, 0.2) is 16.8 Å². The summed E-state index contributed by atoms with van der Waals surface area (Å²) >= 11 is 1.72. The molecule has 4 rings (SSSR count). The molecule has 0 aliphatic rings. The molecule has 0 saturated carbocycles. The molecule has 0 spiro atoms. The summed E-state index contributed by atoms with van der Waals surface area (Å²) in [7, 11) is 0. The van der Waals surface area contributed by atoms with Crippen molar-refractivity contribution in [3.05, 3.63) is 71.8 Å². The number of hydrogen-bond donors (Lipinski definition) is 0. The summed E-state index contributed by atoms with van der Waals surface area (Å²) < 4.78 is 9.98. The van der Waals surface area contributed by atoms with Gasteiger partial charge in [-0.25, -0.2) is 0 Å². The summed E-state index contributed by atoms with van der Waals surface area (Å²) in [4.78, 5) is 0. The highest BCUT2D eigenvalue weighted by Gasteiger charge is 2.15. The molecule has 178 valence electrons. The zero-order valence-corrected chi connectivity index (χ0v) is 20.8. The summed E-state index contributed by atoms with van der Waals surface area (Å²) in [5.74, 6) is 3.94. The maximum atomic E-state index is 6.00. The molecule has 0 aliphatic carbocycles. The molecule has 9 heteroatoms. The molecular formula is C25H31N7OS. The summed E-state index contributed by atoms with van der Waals surface area (Å²) in [6.07, 6.45) is 2.74. The van der Waals surface area contributed by atoms with Crippen molar-refractivity contribution in [2.45, 2.75) is 58.3 Å². The van der Waals surface area contributed by atoms with Gasteiger partial charge in [0.25, 0.3) is 0 Å². The fraction of sp³-hybridized carbons (Fsp3) is 0.400. The minimum absolute atomic E-state index is 0.400. The molecule has 0 unspecified atom stereocenters. The quantitative estimate of drug-likeness (QED) is 0.214. The topological polar surface area (TPSA) is 83.5 Å². The number of aromatic nitrogens is 7. The monoisotopic (exact) mass is 477 g/mol. The second kappa shape index (κ2) is 11.8. The maximum Gasteiger partial charge on any atom is 0.191 e. The average molecular weight is 478 g/mol. The standard InChI is InChI=1S/C25H31N7OS/c1-4-20-12-14-22(15-13-20)33-18-24-26-28-25(31(24)17-19(2)3)34-16-8-11-23-27-29-30-32(23)21-9-6-5-7-10-21/h5-7,9-10,12-15,19H,4,8,11,16-18H2,1-3H3. The van der Waals surface area contributed by atoms with E-state index in [1.807, 2.05) is 42.5 Å². The highest BCUT2D eigenvalue weighted by Crippen LogP contribution is 2.22. The van der Waals surface area contributed by atoms with E-state index in [1.165, 1.54) is 5.56 Å². The van der Waals surface area contributed by atoms with Crippen LogP contribution in [0.3, 0.4) is 0 Å². The van der Waals surface area contributed by atoms with Crippen molar-refractivity contribution in [2.75, 3.05) is 5.75 Å². The van der Waals surface area contributed by atoms with Crippen LogP contribution in [0.15, 0.2) is 59.8 Å². The molecule has 8 nitrogen and oxygen atoms in total. The largest absolute Gasteiger partial charge is 0.486 e. The molecule has 0 saturated heterocycles. The number of hydrogen-bond acceptors (Lipinski definition) is 7. The molecular weight excluding hydrogens is 446 g/mol. The predicted octanol–water partition coefficient (Wildman–Crippen LogP) is 4.78. The lowest BCUT2D eigenvalue weighted by molar-refractivity contribution is 0.284. The first kappa shape index (κ1) is 23.9. The van der Waals surface area contributed by atoms with Gasteiger partial charge in [0, 0.05) is 18.7 Å². The molecule has 0 amide bonds. The summed E-state index contributed by atoms with van der Waals surface area (Å²) in [5.41, 5.74) is 2.27. The van der Waals surface area contributed by atoms with E-state index in [1.54, 1.807) is 16.4 Å². The SMILES string of the molecule is CCc1ccc(OCc2nnc(SCCCc3nnnn3-c3ccccc3)n2CC(C)C)cc1. The van der Waals surface area contributed by atoms with Crippen LogP contribution >= 0.6 is 11.8 Å². The summed E-state index contributed by atoms with van der Waals surface area (Å²) in [6, 6.07) is 18.2. The number of rotatable bonds is 12. The van der Waals surface area contributed by atoms with Crippen molar-refractivity contribution in [2.24, 2.45) is 5.92 Å². The molecule has 0 bridgehead atoms. The molecule has 0 aliphatic heterocycles. The van der Waals surface area contributed by atoms with Gasteiger partial charge in [-0.1, -0.05) is 62.9 Å². The molecule has 4 aromatic rings. The van der Waals surface area contributed by atoms with Gasteiger partial charge >= 0.3 is 0 Å². The van der Waals surface area contributed by atoms with Crippen LogP contribution < -0.4 is 4.74 Å². The van der Waals surface area contributed by atoms with Gasteiger partial charge < -0.3 is 9.30 Å². The van der Waals surface area contributed by atoms with Crippen LogP contribution in [0.25, 0.3) is 5.69 Å². The maximum absolute atomic E-state index is 6.00. The highest BCUT2D eigenvalue weighted by molar-refractivity contribution is 7.99. The lowest BCUT2D eigenvalue weighted by atomic mass is 10.2. The van der Waals surface area contributed by atoms with Gasteiger partial charge in [0.05, 0.1) is 5.69 Å². The number of aryl methyl sites for hydroxylation is 2. The molecule has 0 atom stereocenters. The van der Waals surface area contributed by atoms with Crippen molar-refractivity contribution in [3.63, 3.8) is 0 Å². The van der Waals surface area contributed by atoms with E-state index in [0.29, 0.717) is 12.5 Å². The van der Waals surface area contributed by atoms with Crippen LogP contribution in [0.5, 0.6) is 5.75 Å². The third-order valence-corrected chi connectivity index (χ3v) is 6.40. The Morgan fingerprint density at radius 1 is 0.941 bits per heavy atom. The zero-order valence-electron chi connectivity index (χ0n) is 20.0. The van der Waals surface area contributed by atoms with Gasteiger partial charge in [-0.15, -0.1) is 15.3 Å². The minimum atomic E-state index is 0.400. The summed E-state index contributed by atoms with van der Waals surface area (Å²) in [6.45, 7) is 7.80. The van der Waals surface area contributed by atoms with Crippen molar-refractivity contribution in [3.8, 4) is 11.4 Å². The first-order valence-corrected chi connectivity index (χ1v) is 12.7. The Bertz CT molecular complexity index is 1160. The van der Waals surface area contributed by atoms with Crippen molar-refractivity contribution in [1.29, 1.82) is 0 Å². The Morgan fingerprint density at radius 2 is 1.74 bits per heavy atom. The van der Waals surface area contributed by atoms with E-state index in [0.717, 1.165) is 59.8 Å². The van der Waals surface area contributed by atoms with E-state index < -0.39 is 0 Å². The lowest BCUT2D eigenvalue weighted by Crippen LogP contribution is -2.12. The number of para-hydroxylation sites is 1. The van der Waals surface area contributed by atoms with Crippen LogP contribution in [-0.2, 0) is 26.0 Å². The zero-order chi connectivity index (χ0) is 23.8. The van der Waals surface area contributed by atoms with Gasteiger partial charge in [-0.2, -0.15) is 4.68 Å². The fourth-order valence-corrected chi connectivity index (χ4v) is 4.48. The Balaban J connectivity index is 1.34. The van der Waals surface area contributed by atoms with Crippen LogP contribution in [0.4, 0.5) is 0 Å². The molecule has 34 heavy (non-hydrogen) atoms. The molecule has 0 N–H and O–H groups in total. The van der Waals surface area contributed by atoms with E-state index in [4.69, 9.17) is 4.74 Å². The second-order valence-corrected chi connectivity index (χ2v) is 9.55. The van der Waals surface area contributed by atoms with E-state index in [-0.39, 0.29) is 0 Å². The fourth-order valence-electron chi connectivity index (χ4n) is 3.58. The Kier molecular flexibility index (Phi) is 8.30. The smallest absolute Gasteiger partial charge is 0.191 e. The van der Waals surface area contributed by atoms with Crippen molar-refractivity contribution < 1.29 is 4.74 Å². The highest BCUT2D eigenvalue weighted by atomic mass is 32.2. The van der Waals surface area contributed by atoms with E-state index in [2.05, 4.69) is 63.2 Å². The van der Waals surface area contributed by atoms with Crippen molar-refractivity contribution in [1.82, 2.24) is 35.0 Å². The predicted molar refractivity (Wildman–Crippen MR) is 133 cm³/mol. The molecule has 2 heterocycles. The van der Waals surface area contributed by atoms with Gasteiger partial charge in [0.2, 0.25) is 0 Å². The van der Waals surface area contributed by atoms with Crippen LogP contribution in [-0.4, -0.2) is 40.7 Å². The molecule has 0 radical (unpaired) electrons. The first-order valence-electron chi connectivity index (χ1n) is 11.7. The third-order valence-electron chi connectivity index (χ3n) is 5.35. The molecule has 2 aromatic carbocycles. The summed E-state index contributed by atoms with van der Waals surface area (Å²) in [5, 5.41) is 22.0. The van der Waals surface area contributed by atoms with Gasteiger partial charge in [0.1, 0.15) is 12.4 Å². The number of benzene rings is 2. The normalized spacial score (nSPS) is 11.3. The third kappa shape index (κ3) is 6.22. The first-order chi connectivity index (χ1) is 16.6. The Hall–Kier alpha value is -3.20. The van der Waals surface area contributed by atoms with Crippen LogP contribution in [0.1, 0.15) is 44.4 Å². The van der Waals surface area contributed by atoms with Crippen LogP contribution in [0, 0.1) is 5.92 Å². The van der Waals surface area contributed by atoms with Gasteiger partial charge in [-0.3, -0.25) is 0 Å². The number of nitrogens with zero attached hydrogens (tertiary/aromatic N) is 7. The molecule has 2 aromatic heterocycles. The van der Waals surface area contributed by atoms with E-state index in [9.17, 15) is 0 Å². The Labute approximate surface area is 204 Å². The lowest BCUT2D eigenvalue weighted by Gasteiger charge is -2.13. The number of ether oxygens (including phenoxy) is 1. The average Bonchev–Trinajstić information content (AvgIpc) is 3.48. The minimum Gasteiger partial charge on any atom is -0.486 e. The Morgan fingerprint density at radius 3 is 2.47 bits per heavy atom.